The summed E-state index contributed by atoms with van der Waals surface area (Å²) < 4.78 is 70.8. The average molecular weight is 1480 g/mol. The molecule has 12 nitrogen and oxygen atoms in total. The molecule has 1 aliphatic heterocycles. The Morgan fingerprint density at radius 3 is 0.741 bits per heavy atom. The third-order valence-corrected chi connectivity index (χ3v) is 21.9. The van der Waals surface area contributed by atoms with Gasteiger partial charge in [-0.25, -0.2) is 0 Å². The molecular weight excluding hydrogens is 1340 g/mol. The third-order valence-electron chi connectivity index (χ3n) is 21.9. The van der Waals surface area contributed by atoms with Crippen molar-refractivity contribution in [3.63, 3.8) is 0 Å². The van der Waals surface area contributed by atoms with Crippen LogP contribution in [-0.4, -0.2) is 72.1 Å². The normalized spacial score (nSPS) is 13.9. The van der Waals surface area contributed by atoms with Crippen LogP contribution in [0.4, 0.5) is 0 Å². The number of unbranched alkanes of at least 4 members (excludes halogenated alkanes) is 30. The molecule has 0 bridgehead atoms. The van der Waals surface area contributed by atoms with Crippen LogP contribution < -0.4 is 53.3 Å². The zero-order valence-corrected chi connectivity index (χ0v) is 69.3. The zero-order valence-electron chi connectivity index (χ0n) is 69.3. The van der Waals surface area contributed by atoms with Gasteiger partial charge in [0.05, 0.1) is 71.4 Å². The first-order valence-corrected chi connectivity index (χ1v) is 44.4. The second-order valence-electron chi connectivity index (χ2n) is 31.0. The minimum atomic E-state index is -0.569. The molecule has 1 aliphatic carbocycles. The Bertz CT molecular complexity index is 3940. The molecule has 0 fully saturated rings. The van der Waals surface area contributed by atoms with Crippen LogP contribution in [0.5, 0.6) is 51.7 Å². The van der Waals surface area contributed by atoms with Gasteiger partial charge in [-0.05, 0) is 184 Å². The monoisotopic (exact) mass is 1480 g/mol. The van der Waals surface area contributed by atoms with Crippen molar-refractivity contribution in [2.75, 3.05) is 66.1 Å². The molecule has 0 saturated carbocycles. The topological polar surface area (TPSA) is 117 Å². The first-order valence-electron chi connectivity index (χ1n) is 44.4. The Hall–Kier alpha value is -6.82. The van der Waals surface area contributed by atoms with Crippen molar-refractivity contribution < 1.29 is 47.4 Å². The van der Waals surface area contributed by atoms with E-state index in [0.29, 0.717) is 71.8 Å². The van der Waals surface area contributed by atoms with E-state index in [9.17, 15) is 0 Å². The fourth-order valence-corrected chi connectivity index (χ4v) is 15.5. The van der Waals surface area contributed by atoms with Crippen LogP contribution in [-0.2, 0) is 4.74 Å². The Labute approximate surface area is 651 Å². The lowest BCUT2D eigenvalue weighted by molar-refractivity contribution is 0.182. The Morgan fingerprint density at radius 2 is 0.435 bits per heavy atom. The van der Waals surface area contributed by atoms with Gasteiger partial charge in [0, 0.05) is 5.39 Å². The SMILES string of the molecule is CCCCCCOC1=Cc2c(c3cc(OCCCCCC)c(OCCCCCC)cc3c3cc(OCCCCCC)c(OCCCCCC)cc23)C2N=c3c(c(OCCCCCC)cc4c5cc(OCCCCCC)c(OCCCCCC)cc5c5cc(OCCCCCC)c(OCCCCCC)cc5c34)=NC12. The van der Waals surface area contributed by atoms with Gasteiger partial charge >= 0.3 is 0 Å². The first-order chi connectivity index (χ1) is 53.3. The van der Waals surface area contributed by atoms with Gasteiger partial charge in [-0.2, -0.15) is 0 Å². The Kier molecular flexibility index (Phi) is 37.9. The summed E-state index contributed by atoms with van der Waals surface area (Å²) in [5, 5.41) is 11.8. The Morgan fingerprint density at radius 1 is 0.213 bits per heavy atom. The van der Waals surface area contributed by atoms with E-state index >= 15 is 0 Å². The van der Waals surface area contributed by atoms with Crippen LogP contribution >= 0.6 is 0 Å². The van der Waals surface area contributed by atoms with Gasteiger partial charge in [0.2, 0.25) is 0 Å². The number of fused-ring (bicyclic) bond motifs is 16. The maximum absolute atomic E-state index is 7.33. The molecule has 1 heterocycles. The van der Waals surface area contributed by atoms with Gasteiger partial charge in [-0.15, -0.1) is 0 Å². The summed E-state index contributed by atoms with van der Waals surface area (Å²) in [6, 6.07) is 19.4. The lowest BCUT2D eigenvalue weighted by atomic mass is 9.80. The molecule has 596 valence electrons. The van der Waals surface area contributed by atoms with Crippen LogP contribution in [0.3, 0.4) is 0 Å². The van der Waals surface area contributed by atoms with E-state index in [1.807, 2.05) is 0 Å². The number of rotatable bonds is 60. The maximum Gasteiger partial charge on any atom is 0.161 e. The molecule has 2 unspecified atom stereocenters. The van der Waals surface area contributed by atoms with Crippen LogP contribution in [0.2, 0.25) is 0 Å². The second kappa shape index (κ2) is 48.1. The summed E-state index contributed by atoms with van der Waals surface area (Å²) in [5.41, 5.74) is 2.11. The van der Waals surface area contributed by atoms with E-state index in [2.05, 4.69) is 130 Å². The minimum absolute atomic E-state index is 0.540. The predicted molar refractivity (Wildman–Crippen MR) is 454 cm³/mol. The summed E-state index contributed by atoms with van der Waals surface area (Å²) in [6.07, 6.45) is 45.9. The highest BCUT2D eigenvalue weighted by molar-refractivity contribution is 6.26. The molecule has 0 spiro atoms. The number of nitrogens with zero attached hydrogens (tertiary/aromatic N) is 2. The van der Waals surface area contributed by atoms with Gasteiger partial charge in [-0.1, -0.05) is 262 Å². The molecular formula is C96H142N2O10. The summed E-state index contributed by atoms with van der Waals surface area (Å²) in [7, 11) is 0. The number of ether oxygens (including phenoxy) is 10. The summed E-state index contributed by atoms with van der Waals surface area (Å²) in [5.74, 6) is 7.57. The molecule has 9 rings (SSSR count). The van der Waals surface area contributed by atoms with Gasteiger partial charge < -0.3 is 47.4 Å². The highest BCUT2D eigenvalue weighted by atomic mass is 16.5. The summed E-state index contributed by atoms with van der Waals surface area (Å²) in [4.78, 5) is 12.6. The average Bonchev–Trinajstić information content (AvgIpc) is 0.702. The van der Waals surface area contributed by atoms with Crippen molar-refractivity contribution in [2.45, 2.75) is 338 Å². The van der Waals surface area contributed by atoms with Crippen molar-refractivity contribution in [3.05, 3.63) is 82.2 Å². The molecule has 7 aromatic carbocycles. The zero-order chi connectivity index (χ0) is 75.9. The van der Waals surface area contributed by atoms with Gasteiger partial charge in [0.25, 0.3) is 0 Å². The molecule has 108 heavy (non-hydrogen) atoms. The van der Waals surface area contributed by atoms with Crippen molar-refractivity contribution in [1.29, 1.82) is 0 Å². The van der Waals surface area contributed by atoms with Crippen LogP contribution in [0.25, 0.3) is 59.9 Å². The molecule has 7 aromatic rings. The third kappa shape index (κ3) is 24.1. The standard InChI is InChI=1S/C96H142N2O10/c1-11-21-31-41-51-99-81-61-71-73-63-85(103-55-45-35-25-15-5)87(105-57-47-37-27-17-7)67-77(73)91-79(75(71)65-83(81)101-53-43-33-23-13-3)69-89(107-59-49-39-29-19-9)93-95(91)98-96-92-78-68-88(106-58-48-38-28-18-8)86(104-56-46-36-26-16-6)64-74(78)72-62-82(100-52-42-32-22-12-2)84(102-54-44-34-24-14-4)66-76(72)80(92)70-90(94(96)97-93)108-60-50-40-30-20-10/h61-70,93,95H,11-60H2,1-10H3. The molecule has 12 heteroatoms. The Balaban J connectivity index is 1.44. The molecule has 0 amide bonds. The molecule has 0 aromatic heterocycles. The first kappa shape index (κ1) is 85.2. The fourth-order valence-electron chi connectivity index (χ4n) is 15.5. The van der Waals surface area contributed by atoms with E-state index in [4.69, 9.17) is 57.4 Å². The molecule has 0 saturated heterocycles. The van der Waals surface area contributed by atoms with Crippen LogP contribution in [0.15, 0.2) is 70.3 Å². The highest BCUT2D eigenvalue weighted by Crippen LogP contribution is 2.52. The van der Waals surface area contributed by atoms with E-state index in [1.54, 1.807) is 0 Å². The molecule has 2 atom stereocenters. The predicted octanol–water partition coefficient (Wildman–Crippen LogP) is 27.4. The minimum Gasteiger partial charge on any atom is -0.496 e. The summed E-state index contributed by atoms with van der Waals surface area (Å²) in [6.45, 7) is 28.5. The van der Waals surface area contributed by atoms with E-state index in [0.717, 1.165) is 346 Å². The highest BCUT2D eigenvalue weighted by Gasteiger charge is 2.39. The van der Waals surface area contributed by atoms with Crippen molar-refractivity contribution in [3.8, 4) is 51.7 Å². The quantitative estimate of drug-likeness (QED) is 0.0269. The van der Waals surface area contributed by atoms with Crippen LogP contribution in [0.1, 0.15) is 343 Å². The van der Waals surface area contributed by atoms with Crippen molar-refractivity contribution in [1.82, 2.24) is 0 Å². The van der Waals surface area contributed by atoms with E-state index in [1.165, 1.54) is 38.5 Å². The number of benzene rings is 7. The number of hydrogen-bond donors (Lipinski definition) is 0. The largest absolute Gasteiger partial charge is 0.496 e. The van der Waals surface area contributed by atoms with Gasteiger partial charge in [0.1, 0.15) is 28.9 Å². The molecule has 2 aliphatic rings. The number of hydrogen-bond acceptors (Lipinski definition) is 12. The molecule has 0 N–H and O–H groups in total. The maximum atomic E-state index is 7.33. The van der Waals surface area contributed by atoms with Gasteiger partial charge in [-0.3, -0.25) is 9.98 Å². The van der Waals surface area contributed by atoms with E-state index < -0.39 is 12.1 Å². The van der Waals surface area contributed by atoms with Crippen molar-refractivity contribution >= 4 is 59.9 Å². The van der Waals surface area contributed by atoms with E-state index in [-0.39, 0.29) is 0 Å². The summed E-state index contributed by atoms with van der Waals surface area (Å²) >= 11 is 0. The second-order valence-corrected chi connectivity index (χ2v) is 31.0. The fraction of sp³-hybridized carbons (Fsp3) is 0.646. The molecule has 0 radical (unpaired) electrons. The smallest absolute Gasteiger partial charge is 0.161 e. The van der Waals surface area contributed by atoms with Crippen LogP contribution in [0, 0.1) is 0 Å². The van der Waals surface area contributed by atoms with Gasteiger partial charge in [0.15, 0.2) is 46.0 Å². The lowest BCUT2D eigenvalue weighted by Crippen LogP contribution is -2.40. The van der Waals surface area contributed by atoms with Crippen molar-refractivity contribution in [2.24, 2.45) is 9.98 Å². The lowest BCUT2D eigenvalue weighted by Gasteiger charge is -2.33.